The number of rotatable bonds is 2. The Morgan fingerprint density at radius 2 is 0.800 bits per heavy atom. The Kier molecular flexibility index (Phi) is 10.9. The fourth-order valence-corrected chi connectivity index (χ4v) is 4.15. The Bertz CT molecular complexity index is 690. The molecule has 0 heterocycles. The normalized spacial score (nSPS) is 12.5. The van der Waals surface area contributed by atoms with Crippen molar-refractivity contribution >= 4 is 59.9 Å². The van der Waals surface area contributed by atoms with Crippen LogP contribution in [0.15, 0.2) is 34.1 Å². The topological polar surface area (TPSA) is 80.3 Å². The van der Waals surface area contributed by atoms with E-state index in [0.29, 0.717) is 9.79 Å². The maximum Gasteiger partial charge on any atom is 2.00 e. The maximum atomic E-state index is 10.8. The summed E-state index contributed by atoms with van der Waals surface area (Å²) in [6, 6.07) is 7.49. The van der Waals surface area contributed by atoms with Gasteiger partial charge in [-0.15, -0.1) is 0 Å². The molecule has 0 aliphatic heterocycles. The number of hydrogen-bond acceptors (Lipinski definition) is 4. The molecule has 2 atom stereocenters. The molecule has 4 nitrogen and oxygen atoms in total. The van der Waals surface area contributed by atoms with E-state index >= 15 is 0 Å². The van der Waals surface area contributed by atoms with Crippen molar-refractivity contribution in [2.24, 2.45) is 0 Å². The van der Waals surface area contributed by atoms with Crippen molar-refractivity contribution < 1.29 is 17.5 Å². The third kappa shape index (κ3) is 7.21. The molecule has 2 rings (SSSR count). The van der Waals surface area contributed by atoms with E-state index in [4.69, 9.17) is 0 Å². The van der Waals surface area contributed by atoms with E-state index in [0.717, 1.165) is 33.4 Å². The predicted molar refractivity (Wildman–Crippen MR) is 101 cm³/mol. The second-order valence-electron chi connectivity index (χ2n) is 5.93. The quantitative estimate of drug-likeness (QED) is 0.566. The van der Waals surface area contributed by atoms with Crippen molar-refractivity contribution in [3.63, 3.8) is 0 Å². The van der Waals surface area contributed by atoms with Crippen LogP contribution in [0, 0.1) is 41.5 Å². The summed E-state index contributed by atoms with van der Waals surface area (Å²) >= 11 is -4.22. The van der Waals surface area contributed by atoms with Gasteiger partial charge in [0.1, 0.15) is 0 Å². The second-order valence-corrected chi connectivity index (χ2v) is 7.68. The summed E-state index contributed by atoms with van der Waals surface area (Å²) in [4.78, 5) is 0.862. The SMILES string of the molecule is Cc1cc(C)c(S(=O)[O-])c(C)c1.Cc1cc(C)c(S(=O)[O-])c(C)c1.[Ca+2]. The zero-order chi connectivity index (χ0) is 18.6. The standard InChI is InChI=1S/2C9H12O2S.Ca/c2*1-6-4-7(2)9(12(10)11)8(3)5-6;/h2*4-5H,1-3H3,(H,10,11);/q;;+2/p-2. The van der Waals surface area contributed by atoms with Gasteiger partial charge in [0.2, 0.25) is 0 Å². The Labute approximate surface area is 185 Å². The van der Waals surface area contributed by atoms with Gasteiger partial charge in [-0.3, -0.25) is 8.42 Å². The van der Waals surface area contributed by atoms with E-state index in [1.807, 2.05) is 65.8 Å². The van der Waals surface area contributed by atoms with Crippen molar-refractivity contribution in [3.05, 3.63) is 57.6 Å². The van der Waals surface area contributed by atoms with Crippen LogP contribution in [-0.2, 0) is 22.2 Å². The van der Waals surface area contributed by atoms with E-state index < -0.39 is 22.2 Å². The zero-order valence-electron chi connectivity index (χ0n) is 15.5. The monoisotopic (exact) mass is 406 g/mol. The van der Waals surface area contributed by atoms with Crippen molar-refractivity contribution in [2.75, 3.05) is 0 Å². The molecule has 0 amide bonds. The number of aryl methyl sites for hydroxylation is 6. The van der Waals surface area contributed by atoms with E-state index in [9.17, 15) is 17.5 Å². The van der Waals surface area contributed by atoms with Crippen LogP contribution >= 0.6 is 0 Å². The van der Waals surface area contributed by atoms with Crippen LogP contribution in [0.5, 0.6) is 0 Å². The van der Waals surface area contributed by atoms with Crippen LogP contribution in [0.4, 0.5) is 0 Å². The minimum absolute atomic E-state index is 0. The van der Waals surface area contributed by atoms with Crippen LogP contribution in [-0.4, -0.2) is 55.3 Å². The van der Waals surface area contributed by atoms with Crippen molar-refractivity contribution in [3.8, 4) is 0 Å². The molecule has 0 aliphatic rings. The van der Waals surface area contributed by atoms with Crippen LogP contribution < -0.4 is 0 Å². The van der Waals surface area contributed by atoms with Gasteiger partial charge in [0, 0.05) is 9.79 Å². The minimum Gasteiger partial charge on any atom is -0.768 e. The molecule has 2 aromatic rings. The summed E-state index contributed by atoms with van der Waals surface area (Å²) in [6.45, 7) is 11.2. The molecule has 132 valence electrons. The molecule has 0 radical (unpaired) electrons. The summed E-state index contributed by atoms with van der Waals surface area (Å²) < 4.78 is 43.0. The third-order valence-electron chi connectivity index (χ3n) is 3.54. The van der Waals surface area contributed by atoms with Crippen LogP contribution in [0.3, 0.4) is 0 Å². The first-order valence-electron chi connectivity index (χ1n) is 7.38. The Hall–Kier alpha value is -0.0803. The average molecular weight is 407 g/mol. The van der Waals surface area contributed by atoms with Gasteiger partial charge in [0.05, 0.1) is 0 Å². The summed E-state index contributed by atoms with van der Waals surface area (Å²) in [7, 11) is 0. The van der Waals surface area contributed by atoms with Gasteiger partial charge in [-0.1, -0.05) is 35.4 Å². The fraction of sp³-hybridized carbons (Fsp3) is 0.333. The first-order valence-corrected chi connectivity index (χ1v) is 9.53. The molecule has 7 heteroatoms. The summed E-state index contributed by atoms with van der Waals surface area (Å²) in [6.07, 6.45) is 0. The van der Waals surface area contributed by atoms with Crippen LogP contribution in [0.25, 0.3) is 0 Å². The smallest absolute Gasteiger partial charge is 0.768 e. The van der Waals surface area contributed by atoms with Gasteiger partial charge in [0.15, 0.2) is 0 Å². The second kappa shape index (κ2) is 10.9. The Balaban J connectivity index is 0.000000443. The zero-order valence-corrected chi connectivity index (χ0v) is 19.3. The van der Waals surface area contributed by atoms with Gasteiger partial charge in [-0.2, -0.15) is 0 Å². The van der Waals surface area contributed by atoms with Gasteiger partial charge in [-0.25, -0.2) is 0 Å². The van der Waals surface area contributed by atoms with Gasteiger partial charge in [-0.05, 0) is 86.0 Å². The van der Waals surface area contributed by atoms with E-state index in [1.165, 1.54) is 0 Å². The first kappa shape index (κ1) is 24.9. The molecule has 2 aromatic carbocycles. The third-order valence-corrected chi connectivity index (χ3v) is 5.50. The van der Waals surface area contributed by atoms with Gasteiger partial charge in [0.25, 0.3) is 0 Å². The molecule has 0 aliphatic carbocycles. The largest absolute Gasteiger partial charge is 2.00 e. The Morgan fingerprint density at radius 3 is 0.960 bits per heavy atom. The molecule has 0 saturated heterocycles. The molecule has 0 N–H and O–H groups in total. The summed E-state index contributed by atoms with van der Waals surface area (Å²) in [5.41, 5.74) is 5.47. The van der Waals surface area contributed by atoms with Crippen LogP contribution in [0.2, 0.25) is 0 Å². The van der Waals surface area contributed by atoms with Crippen molar-refractivity contribution in [2.45, 2.75) is 51.3 Å². The van der Waals surface area contributed by atoms with Crippen molar-refractivity contribution in [1.29, 1.82) is 0 Å². The molecule has 2 unspecified atom stereocenters. The minimum atomic E-state index is -2.11. The van der Waals surface area contributed by atoms with E-state index in [1.54, 1.807) is 0 Å². The number of hydrogen-bond donors (Lipinski definition) is 0. The Morgan fingerprint density at radius 1 is 0.600 bits per heavy atom. The van der Waals surface area contributed by atoms with Gasteiger partial charge >= 0.3 is 37.7 Å². The van der Waals surface area contributed by atoms with Crippen LogP contribution in [0.1, 0.15) is 33.4 Å². The molecular weight excluding hydrogens is 384 g/mol. The average Bonchev–Trinajstić information content (AvgIpc) is 2.35. The summed E-state index contributed by atoms with van der Waals surface area (Å²) in [5, 5.41) is 0. The van der Waals surface area contributed by atoms with E-state index in [2.05, 4.69) is 0 Å². The first-order chi connectivity index (χ1) is 11.0. The fourth-order valence-electron chi connectivity index (χ4n) is 2.86. The van der Waals surface area contributed by atoms with Gasteiger partial charge < -0.3 is 9.11 Å². The molecule has 0 fully saturated rings. The van der Waals surface area contributed by atoms with Crippen molar-refractivity contribution in [1.82, 2.24) is 0 Å². The van der Waals surface area contributed by atoms with E-state index in [-0.39, 0.29) is 37.7 Å². The molecule has 0 saturated carbocycles. The maximum absolute atomic E-state index is 10.8. The summed E-state index contributed by atoms with van der Waals surface area (Å²) in [5.74, 6) is 0. The predicted octanol–water partition coefficient (Wildman–Crippen LogP) is 3.32. The molecule has 25 heavy (non-hydrogen) atoms. The molecule has 0 bridgehead atoms. The number of benzene rings is 2. The molecule has 0 spiro atoms. The molecule has 0 aromatic heterocycles. The molecular formula is C18H22CaO4S2.